The molecule has 0 saturated heterocycles. The summed E-state index contributed by atoms with van der Waals surface area (Å²) in [5.74, 6) is 0.753. The standard InChI is InChI=1S/C35H46FIN2O6/c1-22(2)27-12-11-23(3)17-31(27)44-21-33(41)39(15-13-24-7-6-8-26(36)18-24)29-19-25(35(43)38-14-16-40)20-32(34(29)42)45-30-10-5-4-9-28(30)37/h4-10,18,20,22-23,27,29,31-32,34,40,42H,11-17,19,21H2,1-3H3,(H,38,43). The van der Waals surface area contributed by atoms with Crippen LogP contribution < -0.4 is 10.1 Å². The second-order valence-electron chi connectivity index (χ2n) is 12.6. The highest BCUT2D eigenvalue weighted by Gasteiger charge is 2.41. The summed E-state index contributed by atoms with van der Waals surface area (Å²) < 4.78 is 27.5. The van der Waals surface area contributed by atoms with Crippen molar-refractivity contribution < 1.29 is 33.7 Å². The van der Waals surface area contributed by atoms with Crippen LogP contribution in [0.1, 0.15) is 52.0 Å². The van der Waals surface area contributed by atoms with Crippen LogP contribution in [0.2, 0.25) is 0 Å². The van der Waals surface area contributed by atoms with Crippen molar-refractivity contribution in [3.63, 3.8) is 0 Å². The van der Waals surface area contributed by atoms with Crippen LogP contribution in [0.3, 0.4) is 0 Å². The first-order valence-corrected chi connectivity index (χ1v) is 17.0. The lowest BCUT2D eigenvalue weighted by Crippen LogP contribution is -2.56. The predicted octanol–water partition coefficient (Wildman–Crippen LogP) is 4.89. The van der Waals surface area contributed by atoms with E-state index in [1.165, 1.54) is 12.1 Å². The maximum absolute atomic E-state index is 14.1. The minimum absolute atomic E-state index is 0.0463. The molecule has 6 unspecified atom stereocenters. The van der Waals surface area contributed by atoms with Crippen LogP contribution in [0, 0.1) is 27.1 Å². The van der Waals surface area contributed by atoms with E-state index in [1.807, 2.05) is 18.2 Å². The maximum atomic E-state index is 14.1. The first-order chi connectivity index (χ1) is 21.6. The summed E-state index contributed by atoms with van der Waals surface area (Å²) in [4.78, 5) is 28.8. The van der Waals surface area contributed by atoms with Crippen molar-refractivity contribution in [2.75, 3.05) is 26.3 Å². The summed E-state index contributed by atoms with van der Waals surface area (Å²) in [7, 11) is 0. The molecule has 2 aliphatic carbocycles. The number of aliphatic hydroxyl groups is 2. The predicted molar refractivity (Wildman–Crippen MR) is 179 cm³/mol. The van der Waals surface area contributed by atoms with Gasteiger partial charge in [0.2, 0.25) is 11.8 Å². The fourth-order valence-corrected chi connectivity index (χ4v) is 6.97. The minimum atomic E-state index is -1.16. The summed E-state index contributed by atoms with van der Waals surface area (Å²) in [5, 5.41) is 23.7. The van der Waals surface area contributed by atoms with Crippen LogP contribution in [0.15, 0.2) is 60.2 Å². The number of rotatable bonds is 13. The molecule has 3 N–H and O–H groups in total. The van der Waals surface area contributed by atoms with E-state index in [1.54, 1.807) is 29.2 Å². The molecule has 2 amide bonds. The summed E-state index contributed by atoms with van der Waals surface area (Å²) in [6, 6.07) is 12.8. The largest absolute Gasteiger partial charge is 0.482 e. The van der Waals surface area contributed by atoms with Gasteiger partial charge in [-0.15, -0.1) is 0 Å². The number of amides is 2. The molecule has 0 spiro atoms. The van der Waals surface area contributed by atoms with Crippen LogP contribution >= 0.6 is 22.6 Å². The van der Waals surface area contributed by atoms with Crippen LogP contribution in [0.25, 0.3) is 0 Å². The zero-order chi connectivity index (χ0) is 32.5. The highest BCUT2D eigenvalue weighted by Crippen LogP contribution is 2.36. The van der Waals surface area contributed by atoms with E-state index in [2.05, 4.69) is 48.7 Å². The first kappa shape index (κ1) is 35.3. The van der Waals surface area contributed by atoms with E-state index in [9.17, 15) is 24.2 Å². The number of hydrogen-bond donors (Lipinski definition) is 3. The second kappa shape index (κ2) is 16.9. The van der Waals surface area contributed by atoms with Gasteiger partial charge in [-0.25, -0.2) is 4.39 Å². The van der Waals surface area contributed by atoms with Gasteiger partial charge in [0.05, 0.1) is 22.3 Å². The van der Waals surface area contributed by atoms with Gasteiger partial charge >= 0.3 is 0 Å². The van der Waals surface area contributed by atoms with E-state index >= 15 is 0 Å². The Morgan fingerprint density at radius 3 is 2.64 bits per heavy atom. The molecule has 6 atom stereocenters. The molecule has 246 valence electrons. The van der Waals surface area contributed by atoms with Gasteiger partial charge in [-0.1, -0.05) is 51.5 Å². The van der Waals surface area contributed by atoms with Gasteiger partial charge in [0.1, 0.15) is 30.4 Å². The number of nitrogens with one attached hydrogen (secondary N) is 1. The number of carbonyl (C=O) groups is 2. The van der Waals surface area contributed by atoms with E-state index in [4.69, 9.17) is 9.47 Å². The molecule has 2 aliphatic rings. The third-order valence-electron chi connectivity index (χ3n) is 8.95. The SMILES string of the molecule is CC1CCC(C(C)C)C(OCC(=O)N(CCc2cccc(F)c2)C2CC(C(=O)NCCO)=CC(Oc3ccccc3I)C2O)C1. The van der Waals surface area contributed by atoms with Crippen LogP contribution in [0.5, 0.6) is 5.75 Å². The van der Waals surface area contributed by atoms with Crippen molar-refractivity contribution in [1.82, 2.24) is 10.2 Å². The van der Waals surface area contributed by atoms with Gasteiger partial charge < -0.3 is 29.9 Å². The maximum Gasteiger partial charge on any atom is 0.248 e. The molecular weight excluding hydrogens is 690 g/mol. The highest BCUT2D eigenvalue weighted by atomic mass is 127. The molecule has 2 aromatic carbocycles. The Morgan fingerprint density at radius 1 is 1.16 bits per heavy atom. The fourth-order valence-electron chi connectivity index (χ4n) is 6.45. The van der Waals surface area contributed by atoms with Crippen molar-refractivity contribution in [3.05, 3.63) is 75.1 Å². The van der Waals surface area contributed by atoms with Gasteiger partial charge in [0.25, 0.3) is 0 Å². The number of ether oxygens (including phenoxy) is 2. The van der Waals surface area contributed by atoms with E-state index in [0.717, 1.165) is 22.8 Å². The van der Waals surface area contributed by atoms with Gasteiger partial charge in [0, 0.05) is 25.1 Å². The molecule has 10 heteroatoms. The van der Waals surface area contributed by atoms with Crippen molar-refractivity contribution >= 4 is 34.4 Å². The number of nitrogens with zero attached hydrogens (tertiary/aromatic N) is 1. The molecule has 2 aromatic rings. The Morgan fingerprint density at radius 2 is 1.93 bits per heavy atom. The Hall–Kier alpha value is -2.54. The lowest BCUT2D eigenvalue weighted by Gasteiger charge is -2.41. The Kier molecular flexibility index (Phi) is 13.2. The molecule has 0 radical (unpaired) electrons. The molecule has 1 saturated carbocycles. The number of aliphatic hydroxyl groups excluding tert-OH is 2. The topological polar surface area (TPSA) is 108 Å². The van der Waals surface area contributed by atoms with Crippen molar-refractivity contribution in [1.29, 1.82) is 0 Å². The zero-order valence-corrected chi connectivity index (χ0v) is 28.5. The average molecular weight is 737 g/mol. The third kappa shape index (κ3) is 9.73. The molecule has 45 heavy (non-hydrogen) atoms. The summed E-state index contributed by atoms with van der Waals surface area (Å²) >= 11 is 2.15. The van der Waals surface area contributed by atoms with Gasteiger partial charge in [-0.05, 0) is 95.5 Å². The Labute approximate surface area is 279 Å². The van der Waals surface area contributed by atoms with Crippen LogP contribution in [0.4, 0.5) is 4.39 Å². The molecule has 0 aromatic heterocycles. The molecule has 0 bridgehead atoms. The summed E-state index contributed by atoms with van der Waals surface area (Å²) in [5.41, 5.74) is 1.06. The van der Waals surface area contributed by atoms with Gasteiger partial charge in [0.15, 0.2) is 0 Å². The molecule has 0 heterocycles. The molecule has 4 rings (SSSR count). The highest BCUT2D eigenvalue weighted by molar-refractivity contribution is 14.1. The van der Waals surface area contributed by atoms with Crippen molar-refractivity contribution in [3.8, 4) is 5.75 Å². The smallest absolute Gasteiger partial charge is 0.248 e. The third-order valence-corrected chi connectivity index (χ3v) is 9.84. The molecule has 1 fully saturated rings. The molecular formula is C35H46FIN2O6. The zero-order valence-electron chi connectivity index (χ0n) is 26.3. The van der Waals surface area contributed by atoms with Gasteiger partial charge in [-0.2, -0.15) is 0 Å². The van der Waals surface area contributed by atoms with Crippen LogP contribution in [-0.2, 0) is 20.7 Å². The number of carbonyl (C=O) groups excluding carboxylic acids is 2. The Balaban J connectivity index is 1.62. The average Bonchev–Trinajstić information content (AvgIpc) is 3.01. The van der Waals surface area contributed by atoms with Crippen molar-refractivity contribution in [2.24, 2.45) is 17.8 Å². The number of hydrogen-bond acceptors (Lipinski definition) is 6. The second-order valence-corrected chi connectivity index (χ2v) is 13.8. The van der Waals surface area contributed by atoms with E-state index in [-0.39, 0.29) is 50.6 Å². The first-order valence-electron chi connectivity index (χ1n) is 15.9. The number of halogens is 2. The quantitative estimate of drug-likeness (QED) is 0.253. The Bertz CT molecular complexity index is 1320. The monoisotopic (exact) mass is 736 g/mol. The van der Waals surface area contributed by atoms with E-state index in [0.29, 0.717) is 41.1 Å². The number of benzene rings is 2. The minimum Gasteiger partial charge on any atom is -0.482 e. The van der Waals surface area contributed by atoms with Gasteiger partial charge in [-0.3, -0.25) is 9.59 Å². The fraction of sp³-hybridized carbons (Fsp3) is 0.543. The summed E-state index contributed by atoms with van der Waals surface area (Å²) in [6.07, 6.45) is 2.96. The lowest BCUT2D eigenvalue weighted by molar-refractivity contribution is -0.148. The van der Waals surface area contributed by atoms with E-state index < -0.39 is 24.2 Å². The summed E-state index contributed by atoms with van der Waals surface area (Å²) in [6.45, 7) is 6.45. The number of para-hydroxylation sites is 1. The lowest BCUT2D eigenvalue weighted by atomic mass is 9.75. The molecule has 8 nitrogen and oxygen atoms in total. The van der Waals surface area contributed by atoms with Crippen LogP contribution in [-0.4, -0.2) is 77.6 Å². The van der Waals surface area contributed by atoms with Crippen molar-refractivity contribution in [2.45, 2.75) is 77.2 Å². The normalized spacial score (nSPS) is 25.0. The molecule has 0 aliphatic heterocycles.